The van der Waals surface area contributed by atoms with Crippen LogP contribution in [0.25, 0.3) is 16.7 Å². The van der Waals surface area contributed by atoms with E-state index in [0.717, 1.165) is 5.56 Å². The highest BCUT2D eigenvalue weighted by molar-refractivity contribution is 9.10. The zero-order valence-corrected chi connectivity index (χ0v) is 24.0. The van der Waals surface area contributed by atoms with E-state index in [2.05, 4.69) is 20.9 Å². The van der Waals surface area contributed by atoms with Crippen LogP contribution in [0, 0.1) is 10.4 Å². The highest BCUT2D eigenvalue weighted by atomic mass is 79.9. The van der Waals surface area contributed by atoms with Crippen molar-refractivity contribution in [3.05, 3.63) is 122 Å². The summed E-state index contributed by atoms with van der Waals surface area (Å²) >= 11 is 3.36. The number of amides is 1. The second-order valence-corrected chi connectivity index (χ2v) is 11.3. The summed E-state index contributed by atoms with van der Waals surface area (Å²) < 4.78 is 0.535. The molecule has 0 atom stereocenters. The number of carbonyl (C=O) groups is 1. The summed E-state index contributed by atoms with van der Waals surface area (Å²) in [5, 5.41) is 54.5. The van der Waals surface area contributed by atoms with Gasteiger partial charge in [-0.05, 0) is 81.5 Å². The number of phenols is 5. The molecule has 212 valence electrons. The molecule has 5 N–H and O–H groups in total. The lowest BCUT2D eigenvalue weighted by atomic mass is 9.95. The van der Waals surface area contributed by atoms with Crippen molar-refractivity contribution in [3.8, 4) is 39.9 Å². The van der Waals surface area contributed by atoms with Crippen molar-refractivity contribution in [2.75, 3.05) is 11.4 Å². The zero-order valence-electron chi connectivity index (χ0n) is 22.4. The number of rotatable bonds is 5. The minimum atomic E-state index is -0.306. The van der Waals surface area contributed by atoms with E-state index in [1.165, 1.54) is 30.3 Å². The third kappa shape index (κ3) is 4.20. The Kier molecular flexibility index (Phi) is 6.14. The van der Waals surface area contributed by atoms with E-state index < -0.39 is 0 Å². The minimum Gasteiger partial charge on any atom is -0.508 e. The maximum atomic E-state index is 14.5. The largest absolute Gasteiger partial charge is 0.508 e. The van der Waals surface area contributed by atoms with E-state index in [-0.39, 0.29) is 46.9 Å². The number of benzene rings is 5. The maximum Gasteiger partial charge on any atom is 0.259 e. The fourth-order valence-corrected chi connectivity index (χ4v) is 6.28. The van der Waals surface area contributed by atoms with E-state index in [9.17, 15) is 30.3 Å². The number of halogens is 1. The van der Waals surface area contributed by atoms with Crippen LogP contribution >= 0.6 is 15.9 Å². The number of nitrogens with zero attached hydrogens (tertiary/aromatic N) is 2. The zero-order chi connectivity index (χ0) is 30.0. The van der Waals surface area contributed by atoms with Crippen LogP contribution < -0.4 is 15.5 Å². The van der Waals surface area contributed by atoms with E-state index >= 15 is 0 Å². The second kappa shape index (κ2) is 9.92. The molecule has 0 spiro atoms. The topological polar surface area (TPSA) is 134 Å². The lowest BCUT2D eigenvalue weighted by Gasteiger charge is -2.23. The molecule has 0 bridgehead atoms. The first-order valence-electron chi connectivity index (χ1n) is 13.5. The average molecular weight is 635 g/mol. The molecular formula is C34H23BrN2O6. The molecule has 0 saturated carbocycles. The van der Waals surface area contributed by atoms with Crippen molar-refractivity contribution in [2.24, 2.45) is 4.99 Å². The Bertz CT molecular complexity index is 2210. The first-order valence-corrected chi connectivity index (χ1v) is 14.2. The summed E-state index contributed by atoms with van der Waals surface area (Å²) in [5.74, 6) is -0.318. The van der Waals surface area contributed by atoms with Gasteiger partial charge in [0.15, 0.2) is 5.75 Å². The second-order valence-electron chi connectivity index (χ2n) is 10.4. The summed E-state index contributed by atoms with van der Waals surface area (Å²) in [7, 11) is 0. The van der Waals surface area contributed by atoms with Gasteiger partial charge in [0.25, 0.3) is 5.91 Å². The first-order chi connectivity index (χ1) is 20.7. The number of phenolic OH excluding ortho intramolecular Hbond substituents is 5. The Balaban J connectivity index is 1.59. The van der Waals surface area contributed by atoms with Crippen molar-refractivity contribution < 1.29 is 30.3 Å². The fraction of sp³-hybridized carbons (Fsp3) is 0.0588. The summed E-state index contributed by atoms with van der Waals surface area (Å²) in [5.41, 5.74) is 3.42. The minimum absolute atomic E-state index is 0.0465. The molecule has 43 heavy (non-hydrogen) atoms. The van der Waals surface area contributed by atoms with Crippen LogP contribution in [0.5, 0.6) is 28.7 Å². The Hall–Kier alpha value is -5.28. The maximum absolute atomic E-state index is 14.5. The van der Waals surface area contributed by atoms with Gasteiger partial charge in [-0.3, -0.25) is 4.79 Å². The van der Waals surface area contributed by atoms with Gasteiger partial charge in [-0.1, -0.05) is 42.5 Å². The third-order valence-electron chi connectivity index (χ3n) is 7.86. The standard InChI is InChI=1S/C34H23BrN2O6/c35-23-16-17(4-13-24(23)40)14-15-37-32-27(19-7-11-21(39)12-8-19)33(42)31-28(22-2-1-3-25(41)30(22)36-31)29(32)26(34(37)43)18-5-9-20(38)10-6-18/h1-13,16,38-42H,14-15H2. The molecular weight excluding hydrogens is 612 g/mol. The summed E-state index contributed by atoms with van der Waals surface area (Å²) in [6.07, 6.45) is 0.432. The van der Waals surface area contributed by atoms with Gasteiger partial charge < -0.3 is 30.4 Å². The highest BCUT2D eigenvalue weighted by Crippen LogP contribution is 2.46. The van der Waals surface area contributed by atoms with E-state index in [0.29, 0.717) is 59.9 Å². The van der Waals surface area contributed by atoms with Crippen LogP contribution in [0.1, 0.15) is 11.1 Å². The van der Waals surface area contributed by atoms with Gasteiger partial charge in [-0.15, -0.1) is 0 Å². The van der Waals surface area contributed by atoms with E-state index in [1.54, 1.807) is 59.5 Å². The first kappa shape index (κ1) is 26.6. The molecule has 0 aromatic heterocycles. The van der Waals surface area contributed by atoms with Gasteiger partial charge in [0.05, 0.1) is 21.3 Å². The molecule has 8 nitrogen and oxygen atoms in total. The number of para-hydroxylation sites is 1. The SMILES string of the molecule is O=C1C(c2ccc(O)cc2)=c2c(c(-c3ccc(O)cc3)c(O)c3c2=c2cccc(O)c2=N3)N1CCc1ccc(O)c(Br)c1. The molecule has 2 heterocycles. The number of aromatic hydroxyl groups is 5. The summed E-state index contributed by atoms with van der Waals surface area (Å²) in [6, 6.07) is 22.8. The number of fused-ring (bicyclic) bond motifs is 4. The molecule has 5 aromatic rings. The molecule has 0 fully saturated rings. The normalized spacial score (nSPS) is 13.1. The molecule has 5 aromatic carbocycles. The predicted molar refractivity (Wildman–Crippen MR) is 164 cm³/mol. The van der Waals surface area contributed by atoms with Crippen LogP contribution in [-0.2, 0) is 11.2 Å². The van der Waals surface area contributed by atoms with Gasteiger partial charge in [-0.25, -0.2) is 4.99 Å². The van der Waals surface area contributed by atoms with Crippen LogP contribution in [0.3, 0.4) is 0 Å². The third-order valence-corrected chi connectivity index (χ3v) is 8.49. The molecule has 0 saturated heterocycles. The summed E-state index contributed by atoms with van der Waals surface area (Å²) in [6.45, 7) is 0.234. The number of hydrogen-bond donors (Lipinski definition) is 5. The number of carbonyl (C=O) groups excluding carboxylic acids is 1. The lowest BCUT2D eigenvalue weighted by Crippen LogP contribution is -2.31. The van der Waals surface area contributed by atoms with Crippen molar-refractivity contribution in [3.63, 3.8) is 0 Å². The predicted octanol–water partition coefficient (Wildman–Crippen LogP) is 4.98. The molecule has 1 amide bonds. The molecule has 0 aliphatic carbocycles. The molecule has 9 heteroatoms. The van der Waals surface area contributed by atoms with Crippen LogP contribution in [0.2, 0.25) is 0 Å². The fourth-order valence-electron chi connectivity index (χ4n) is 5.86. The number of hydrogen-bond acceptors (Lipinski definition) is 7. The van der Waals surface area contributed by atoms with E-state index in [4.69, 9.17) is 0 Å². The molecule has 7 rings (SSSR count). The van der Waals surface area contributed by atoms with E-state index in [1.807, 2.05) is 0 Å². The smallest absolute Gasteiger partial charge is 0.259 e. The molecule has 2 aliphatic rings. The van der Waals surface area contributed by atoms with Crippen LogP contribution in [0.4, 0.5) is 11.4 Å². The molecule has 2 aliphatic heterocycles. The van der Waals surface area contributed by atoms with Crippen LogP contribution in [-0.4, -0.2) is 38.0 Å². The monoisotopic (exact) mass is 634 g/mol. The van der Waals surface area contributed by atoms with Crippen LogP contribution in [0.15, 0.2) is 94.4 Å². The Morgan fingerprint density at radius 3 is 2.09 bits per heavy atom. The highest BCUT2D eigenvalue weighted by Gasteiger charge is 2.36. The van der Waals surface area contributed by atoms with Crippen molar-refractivity contribution in [1.29, 1.82) is 0 Å². The molecule has 0 radical (unpaired) electrons. The number of anilines is 1. The van der Waals surface area contributed by atoms with Gasteiger partial charge in [0.2, 0.25) is 0 Å². The Morgan fingerprint density at radius 2 is 1.42 bits per heavy atom. The van der Waals surface area contributed by atoms with Gasteiger partial charge in [0.1, 0.15) is 34.0 Å². The van der Waals surface area contributed by atoms with Gasteiger partial charge >= 0.3 is 0 Å². The van der Waals surface area contributed by atoms with Gasteiger partial charge in [-0.2, -0.15) is 0 Å². The average Bonchev–Trinajstić information content (AvgIpc) is 3.52. The van der Waals surface area contributed by atoms with Gasteiger partial charge in [0, 0.05) is 22.2 Å². The summed E-state index contributed by atoms with van der Waals surface area (Å²) in [4.78, 5) is 20.8. The Morgan fingerprint density at radius 1 is 0.744 bits per heavy atom. The quantitative estimate of drug-likeness (QED) is 0.182. The lowest BCUT2D eigenvalue weighted by molar-refractivity contribution is -0.113. The van der Waals surface area contributed by atoms with Crippen molar-refractivity contribution in [1.82, 2.24) is 0 Å². The molecule has 0 unspecified atom stereocenters. The van der Waals surface area contributed by atoms with Crippen molar-refractivity contribution in [2.45, 2.75) is 6.42 Å². The Labute approximate surface area is 252 Å². The van der Waals surface area contributed by atoms with Crippen molar-refractivity contribution >= 4 is 38.8 Å².